The zero-order chi connectivity index (χ0) is 19.0. The van der Waals surface area contributed by atoms with Crippen molar-refractivity contribution in [2.45, 2.75) is 51.9 Å². The number of hydrogen-bond donors (Lipinski definition) is 6. The summed E-state index contributed by atoms with van der Waals surface area (Å²) in [5.74, 6) is -3.21. The van der Waals surface area contributed by atoms with E-state index in [9.17, 15) is 19.2 Å². The van der Waals surface area contributed by atoms with Crippen LogP contribution >= 0.6 is 12.6 Å². The maximum Gasteiger partial charge on any atom is 0.325 e. The van der Waals surface area contributed by atoms with Crippen molar-refractivity contribution >= 4 is 36.3 Å². The molecular formula is C14H26N4O5S. The fourth-order valence-electron chi connectivity index (χ4n) is 1.65. The Morgan fingerprint density at radius 1 is 0.958 bits per heavy atom. The average molecular weight is 362 g/mol. The second-order valence-corrected chi connectivity index (χ2v) is 6.20. The van der Waals surface area contributed by atoms with Crippen LogP contribution in [-0.4, -0.2) is 58.7 Å². The van der Waals surface area contributed by atoms with Crippen molar-refractivity contribution in [3.05, 3.63) is 0 Å². The molecule has 0 spiro atoms. The van der Waals surface area contributed by atoms with E-state index in [0.717, 1.165) is 0 Å². The Balaban J connectivity index is 4.94. The maximum absolute atomic E-state index is 12.3. The summed E-state index contributed by atoms with van der Waals surface area (Å²) in [5, 5.41) is 16.0. The van der Waals surface area contributed by atoms with Gasteiger partial charge in [0.05, 0.1) is 6.04 Å². The van der Waals surface area contributed by atoms with Gasteiger partial charge in [0.2, 0.25) is 17.7 Å². The van der Waals surface area contributed by atoms with Crippen LogP contribution in [0.3, 0.4) is 0 Å². The number of carboxylic acid groups (broad SMARTS) is 1. The molecule has 4 unspecified atom stereocenters. The lowest BCUT2D eigenvalue weighted by molar-refractivity contribution is -0.141. The van der Waals surface area contributed by atoms with E-state index in [4.69, 9.17) is 10.8 Å². The van der Waals surface area contributed by atoms with E-state index in [-0.39, 0.29) is 11.7 Å². The number of thiol groups is 1. The van der Waals surface area contributed by atoms with Crippen molar-refractivity contribution in [3.63, 3.8) is 0 Å². The number of aliphatic carboxylic acids is 1. The van der Waals surface area contributed by atoms with Gasteiger partial charge >= 0.3 is 5.97 Å². The minimum Gasteiger partial charge on any atom is -0.480 e. The highest BCUT2D eigenvalue weighted by atomic mass is 32.1. The topological polar surface area (TPSA) is 151 Å². The van der Waals surface area contributed by atoms with Gasteiger partial charge in [-0.2, -0.15) is 12.6 Å². The Labute approximate surface area is 146 Å². The molecule has 4 atom stereocenters. The maximum atomic E-state index is 12.3. The van der Waals surface area contributed by atoms with E-state index in [1.807, 2.05) is 0 Å². The summed E-state index contributed by atoms with van der Waals surface area (Å²) < 4.78 is 0. The van der Waals surface area contributed by atoms with Gasteiger partial charge in [-0.1, -0.05) is 13.8 Å². The predicted octanol–water partition coefficient (Wildman–Crippen LogP) is -1.52. The third kappa shape index (κ3) is 7.18. The van der Waals surface area contributed by atoms with E-state index in [1.54, 1.807) is 13.8 Å². The number of nitrogens with two attached hydrogens (primary N) is 1. The van der Waals surface area contributed by atoms with Gasteiger partial charge in [0.1, 0.15) is 18.1 Å². The minimum absolute atomic E-state index is 0.0318. The van der Waals surface area contributed by atoms with Crippen LogP contribution in [0.5, 0.6) is 0 Å². The molecule has 0 aliphatic rings. The number of nitrogens with one attached hydrogen (secondary N) is 3. The average Bonchev–Trinajstić information content (AvgIpc) is 2.48. The summed E-state index contributed by atoms with van der Waals surface area (Å²) in [7, 11) is 0. The van der Waals surface area contributed by atoms with Crippen LogP contribution in [0.25, 0.3) is 0 Å². The molecule has 24 heavy (non-hydrogen) atoms. The zero-order valence-corrected chi connectivity index (χ0v) is 15.1. The van der Waals surface area contributed by atoms with Gasteiger partial charge in [0, 0.05) is 5.75 Å². The smallest absolute Gasteiger partial charge is 0.325 e. The van der Waals surface area contributed by atoms with Crippen molar-refractivity contribution in [2.24, 2.45) is 11.7 Å². The molecular weight excluding hydrogens is 336 g/mol. The standard InChI is InChI=1S/C14H26N4O5S/c1-6(2)10(18-11(19)7(3)15)13(21)17-9(5-24)12(20)16-8(4)14(22)23/h6-10,24H,5,15H2,1-4H3,(H,16,20)(H,17,21)(H,18,19)(H,22,23). The van der Waals surface area contributed by atoms with Gasteiger partial charge < -0.3 is 26.8 Å². The minimum atomic E-state index is -1.20. The number of carboxylic acids is 1. The quantitative estimate of drug-likeness (QED) is 0.274. The predicted molar refractivity (Wildman–Crippen MR) is 91.4 cm³/mol. The summed E-state index contributed by atoms with van der Waals surface area (Å²) in [5.41, 5.74) is 5.47. The number of carbonyl (C=O) groups is 4. The highest BCUT2D eigenvalue weighted by Gasteiger charge is 2.29. The summed E-state index contributed by atoms with van der Waals surface area (Å²) >= 11 is 4.00. The molecule has 0 aromatic carbocycles. The van der Waals surface area contributed by atoms with Crippen LogP contribution in [0.1, 0.15) is 27.7 Å². The van der Waals surface area contributed by atoms with E-state index < -0.39 is 47.9 Å². The monoisotopic (exact) mass is 362 g/mol. The molecule has 0 bridgehead atoms. The van der Waals surface area contributed by atoms with Crippen molar-refractivity contribution in [1.82, 2.24) is 16.0 Å². The third-order valence-corrected chi connectivity index (χ3v) is 3.57. The van der Waals surface area contributed by atoms with E-state index >= 15 is 0 Å². The fraction of sp³-hybridized carbons (Fsp3) is 0.714. The molecule has 138 valence electrons. The normalized spacial score (nSPS) is 15.8. The molecule has 0 radical (unpaired) electrons. The second kappa shape index (κ2) is 10.1. The summed E-state index contributed by atoms with van der Waals surface area (Å²) in [6.07, 6.45) is 0. The van der Waals surface area contributed by atoms with Crippen LogP contribution in [0.4, 0.5) is 0 Å². The molecule has 3 amide bonds. The SMILES string of the molecule is CC(N)C(=O)NC(C(=O)NC(CS)C(=O)NC(C)C(=O)O)C(C)C. The summed E-state index contributed by atoms with van der Waals surface area (Å²) in [4.78, 5) is 46.8. The second-order valence-electron chi connectivity index (χ2n) is 5.83. The van der Waals surface area contributed by atoms with Gasteiger partial charge in [-0.05, 0) is 19.8 Å². The first-order chi connectivity index (χ1) is 11.0. The lowest BCUT2D eigenvalue weighted by Gasteiger charge is -2.25. The Morgan fingerprint density at radius 3 is 1.88 bits per heavy atom. The number of rotatable bonds is 9. The van der Waals surface area contributed by atoms with Crippen LogP contribution in [-0.2, 0) is 19.2 Å². The Morgan fingerprint density at radius 2 is 1.50 bits per heavy atom. The van der Waals surface area contributed by atoms with E-state index in [1.165, 1.54) is 13.8 Å². The first kappa shape index (κ1) is 22.2. The van der Waals surface area contributed by atoms with Crippen LogP contribution in [0, 0.1) is 5.92 Å². The lowest BCUT2D eigenvalue weighted by Crippen LogP contribution is -2.58. The van der Waals surface area contributed by atoms with E-state index in [0.29, 0.717) is 0 Å². The summed E-state index contributed by atoms with van der Waals surface area (Å²) in [6, 6.07) is -3.79. The van der Waals surface area contributed by atoms with Crippen molar-refractivity contribution in [1.29, 1.82) is 0 Å². The zero-order valence-electron chi connectivity index (χ0n) is 14.2. The van der Waals surface area contributed by atoms with Crippen LogP contribution in [0.2, 0.25) is 0 Å². The lowest BCUT2D eigenvalue weighted by atomic mass is 10.0. The molecule has 6 N–H and O–H groups in total. The molecule has 0 rings (SSSR count). The van der Waals surface area contributed by atoms with Crippen molar-refractivity contribution in [3.8, 4) is 0 Å². The van der Waals surface area contributed by atoms with E-state index in [2.05, 4.69) is 28.6 Å². The Hall–Kier alpha value is -1.81. The molecule has 0 aromatic heterocycles. The van der Waals surface area contributed by atoms with Gasteiger partial charge in [-0.3, -0.25) is 19.2 Å². The largest absolute Gasteiger partial charge is 0.480 e. The molecule has 0 saturated carbocycles. The van der Waals surface area contributed by atoms with Crippen molar-refractivity contribution in [2.75, 3.05) is 5.75 Å². The number of hydrogen-bond acceptors (Lipinski definition) is 6. The molecule has 9 nitrogen and oxygen atoms in total. The number of amides is 3. The Kier molecular flexibility index (Phi) is 9.37. The Bertz CT molecular complexity index is 484. The first-order valence-corrected chi connectivity index (χ1v) is 8.14. The van der Waals surface area contributed by atoms with Crippen LogP contribution < -0.4 is 21.7 Å². The highest BCUT2D eigenvalue weighted by Crippen LogP contribution is 2.04. The van der Waals surface area contributed by atoms with Gasteiger partial charge in [0.15, 0.2) is 0 Å². The van der Waals surface area contributed by atoms with Crippen LogP contribution in [0.15, 0.2) is 0 Å². The van der Waals surface area contributed by atoms with Gasteiger partial charge in [-0.15, -0.1) is 0 Å². The number of carbonyl (C=O) groups excluding carboxylic acids is 3. The highest BCUT2D eigenvalue weighted by molar-refractivity contribution is 7.80. The molecule has 0 heterocycles. The fourth-order valence-corrected chi connectivity index (χ4v) is 1.91. The molecule has 0 aromatic rings. The molecule has 10 heteroatoms. The molecule has 0 saturated heterocycles. The molecule has 0 fully saturated rings. The van der Waals surface area contributed by atoms with Gasteiger partial charge in [0.25, 0.3) is 0 Å². The van der Waals surface area contributed by atoms with Crippen molar-refractivity contribution < 1.29 is 24.3 Å². The molecule has 0 aliphatic carbocycles. The third-order valence-electron chi connectivity index (χ3n) is 3.21. The molecule has 0 aliphatic heterocycles. The summed E-state index contributed by atoms with van der Waals surface area (Å²) in [6.45, 7) is 6.25. The first-order valence-electron chi connectivity index (χ1n) is 7.51. The van der Waals surface area contributed by atoms with Gasteiger partial charge in [-0.25, -0.2) is 0 Å².